The second-order valence-electron chi connectivity index (χ2n) is 8.79. The first-order valence-corrected chi connectivity index (χ1v) is 11.6. The molecule has 2 aliphatic rings. The molecular formula is C27H26N4O2. The van der Waals surface area contributed by atoms with Crippen molar-refractivity contribution in [2.75, 3.05) is 5.32 Å². The van der Waals surface area contributed by atoms with E-state index in [4.69, 9.17) is 4.74 Å². The molecule has 0 fully saturated rings. The lowest BCUT2D eigenvalue weighted by molar-refractivity contribution is -0.116. The number of hydrogen-bond donors (Lipinski definition) is 2. The highest BCUT2D eigenvalue weighted by Crippen LogP contribution is 2.47. The molecule has 6 heteroatoms. The van der Waals surface area contributed by atoms with E-state index in [-0.39, 0.29) is 11.7 Å². The molecule has 33 heavy (non-hydrogen) atoms. The minimum Gasteiger partial charge on any atom is -0.425 e. The molecule has 0 amide bonds. The Hall–Kier alpha value is -3.80. The van der Waals surface area contributed by atoms with E-state index in [1.165, 1.54) is 5.69 Å². The number of para-hydroxylation sites is 2. The number of carbonyl (C=O) groups is 1. The van der Waals surface area contributed by atoms with Crippen molar-refractivity contribution in [1.82, 2.24) is 14.5 Å². The van der Waals surface area contributed by atoms with Crippen LogP contribution in [0.25, 0.3) is 11.0 Å². The SMILES string of the molecule is CCc1[nH]cc2c1NC1=C(C(=O)CCC1)C2c1cccc(Oc2nc3ccccc3n2C)c1. The van der Waals surface area contributed by atoms with Crippen molar-refractivity contribution in [3.8, 4) is 11.8 Å². The summed E-state index contributed by atoms with van der Waals surface area (Å²) >= 11 is 0. The summed E-state index contributed by atoms with van der Waals surface area (Å²) in [6.45, 7) is 2.14. The van der Waals surface area contributed by atoms with E-state index < -0.39 is 0 Å². The Labute approximate surface area is 192 Å². The standard InChI is InChI=1S/C27H26N4O2/c1-3-19-26-18(15-28-19)24(25-21(29-26)11-7-13-23(25)32)16-8-6-9-17(14-16)33-27-30-20-10-4-5-12-22(20)31(27)2/h4-6,8-10,12,14-15,24,28-29H,3,7,11,13H2,1-2H3. The van der Waals surface area contributed by atoms with Crippen LogP contribution in [0.5, 0.6) is 11.8 Å². The highest BCUT2D eigenvalue weighted by molar-refractivity contribution is 6.01. The number of H-pyrrole nitrogens is 1. The molecule has 0 saturated carbocycles. The number of anilines is 1. The molecule has 166 valence electrons. The summed E-state index contributed by atoms with van der Waals surface area (Å²) in [7, 11) is 1.96. The number of rotatable bonds is 4. The molecule has 1 unspecified atom stereocenters. The number of aryl methyl sites for hydroxylation is 2. The third kappa shape index (κ3) is 3.17. The van der Waals surface area contributed by atoms with Crippen molar-refractivity contribution in [1.29, 1.82) is 0 Å². The molecule has 1 aliphatic carbocycles. The molecule has 0 spiro atoms. The maximum atomic E-state index is 13.1. The van der Waals surface area contributed by atoms with Gasteiger partial charge in [-0.1, -0.05) is 31.2 Å². The number of imidazole rings is 1. The molecule has 6 rings (SSSR count). The fraction of sp³-hybridized carbons (Fsp3) is 0.259. The molecule has 1 aliphatic heterocycles. The summed E-state index contributed by atoms with van der Waals surface area (Å²) in [5.74, 6) is 0.840. The van der Waals surface area contributed by atoms with E-state index >= 15 is 0 Å². The first kappa shape index (κ1) is 19.9. The number of hydrogen-bond acceptors (Lipinski definition) is 4. The van der Waals surface area contributed by atoms with E-state index in [2.05, 4.69) is 34.5 Å². The van der Waals surface area contributed by atoms with E-state index in [0.717, 1.165) is 58.4 Å². The van der Waals surface area contributed by atoms with Crippen molar-refractivity contribution in [3.05, 3.63) is 82.8 Å². The van der Waals surface area contributed by atoms with Gasteiger partial charge < -0.3 is 15.0 Å². The molecule has 0 bridgehead atoms. The van der Waals surface area contributed by atoms with E-state index in [1.807, 2.05) is 54.1 Å². The topological polar surface area (TPSA) is 71.9 Å². The lowest BCUT2D eigenvalue weighted by Gasteiger charge is -2.33. The number of ketones is 1. The molecule has 2 N–H and O–H groups in total. The van der Waals surface area contributed by atoms with Gasteiger partial charge in [0.15, 0.2) is 5.78 Å². The maximum Gasteiger partial charge on any atom is 0.302 e. The van der Waals surface area contributed by atoms with Crippen molar-refractivity contribution >= 4 is 22.5 Å². The van der Waals surface area contributed by atoms with Crippen LogP contribution in [0, 0.1) is 0 Å². The number of nitrogens with zero attached hydrogens (tertiary/aromatic N) is 2. The zero-order chi connectivity index (χ0) is 22.5. The average molecular weight is 439 g/mol. The van der Waals surface area contributed by atoms with Gasteiger partial charge in [-0.3, -0.25) is 9.36 Å². The third-order valence-electron chi connectivity index (χ3n) is 6.82. The van der Waals surface area contributed by atoms with Crippen LogP contribution in [-0.2, 0) is 18.3 Å². The zero-order valence-corrected chi connectivity index (χ0v) is 18.8. The van der Waals surface area contributed by atoms with E-state index in [1.54, 1.807) is 0 Å². The lowest BCUT2D eigenvalue weighted by atomic mass is 9.76. The van der Waals surface area contributed by atoms with Crippen molar-refractivity contribution < 1.29 is 9.53 Å². The first-order valence-electron chi connectivity index (χ1n) is 11.6. The minimum atomic E-state index is -0.107. The number of fused-ring (bicyclic) bond motifs is 2. The number of carbonyl (C=O) groups excluding carboxylic acids is 1. The van der Waals surface area contributed by atoms with Crippen LogP contribution in [0.2, 0.25) is 0 Å². The van der Waals surface area contributed by atoms with Gasteiger partial charge in [0.25, 0.3) is 0 Å². The Kier molecular flexibility index (Phi) is 4.61. The Bertz CT molecular complexity index is 1430. The van der Waals surface area contributed by atoms with Crippen molar-refractivity contribution in [3.63, 3.8) is 0 Å². The number of aromatic nitrogens is 3. The molecule has 1 atom stereocenters. The van der Waals surface area contributed by atoms with Crippen LogP contribution < -0.4 is 10.1 Å². The number of ether oxygens (including phenoxy) is 1. The molecule has 0 saturated heterocycles. The fourth-order valence-corrected chi connectivity index (χ4v) is 5.20. The summed E-state index contributed by atoms with van der Waals surface area (Å²) in [6.07, 6.45) is 5.36. The van der Waals surface area contributed by atoms with Crippen LogP contribution in [0.1, 0.15) is 48.9 Å². The van der Waals surface area contributed by atoms with Gasteiger partial charge >= 0.3 is 6.01 Å². The van der Waals surface area contributed by atoms with Gasteiger partial charge in [-0.05, 0) is 49.1 Å². The van der Waals surface area contributed by atoms with Crippen LogP contribution in [-0.4, -0.2) is 20.3 Å². The van der Waals surface area contributed by atoms with Gasteiger partial charge in [0.2, 0.25) is 0 Å². The maximum absolute atomic E-state index is 13.1. The normalized spacial score (nSPS) is 17.6. The smallest absolute Gasteiger partial charge is 0.302 e. The molecule has 4 aromatic rings. The first-order chi connectivity index (χ1) is 16.1. The Morgan fingerprint density at radius 2 is 2.03 bits per heavy atom. The second kappa shape index (κ2) is 7.66. The van der Waals surface area contributed by atoms with Gasteiger partial charge in [-0.25, -0.2) is 0 Å². The molecular weight excluding hydrogens is 412 g/mol. The van der Waals surface area contributed by atoms with Crippen LogP contribution in [0.3, 0.4) is 0 Å². The number of aromatic amines is 1. The predicted octanol–water partition coefficient (Wildman–Crippen LogP) is 5.82. The van der Waals surface area contributed by atoms with E-state index in [9.17, 15) is 4.79 Å². The Morgan fingerprint density at radius 3 is 2.88 bits per heavy atom. The number of benzene rings is 2. The average Bonchev–Trinajstić information content (AvgIpc) is 3.38. The molecule has 0 radical (unpaired) electrons. The number of allylic oxidation sites excluding steroid dienone is 2. The fourth-order valence-electron chi connectivity index (χ4n) is 5.20. The highest BCUT2D eigenvalue weighted by atomic mass is 16.5. The Balaban J connectivity index is 1.43. The summed E-state index contributed by atoms with van der Waals surface area (Å²) < 4.78 is 8.18. The van der Waals surface area contributed by atoms with Gasteiger partial charge in [0.05, 0.1) is 16.7 Å². The van der Waals surface area contributed by atoms with Crippen LogP contribution in [0.4, 0.5) is 5.69 Å². The van der Waals surface area contributed by atoms with Crippen LogP contribution >= 0.6 is 0 Å². The number of Topliss-reactive ketones (excluding diaryl/α,β-unsaturated/α-hetero) is 1. The quantitative estimate of drug-likeness (QED) is 0.421. The summed E-state index contributed by atoms with van der Waals surface area (Å²) in [5.41, 5.74) is 8.36. The summed E-state index contributed by atoms with van der Waals surface area (Å²) in [5, 5.41) is 3.59. The molecule has 6 nitrogen and oxygen atoms in total. The monoisotopic (exact) mass is 438 g/mol. The highest BCUT2D eigenvalue weighted by Gasteiger charge is 2.36. The molecule has 2 aromatic heterocycles. The second-order valence-corrected chi connectivity index (χ2v) is 8.79. The van der Waals surface area contributed by atoms with Crippen LogP contribution in [0.15, 0.2) is 66.0 Å². The third-order valence-corrected chi connectivity index (χ3v) is 6.82. The Morgan fingerprint density at radius 1 is 1.15 bits per heavy atom. The van der Waals surface area contributed by atoms with Gasteiger partial charge in [0, 0.05) is 48.1 Å². The largest absolute Gasteiger partial charge is 0.425 e. The lowest BCUT2D eigenvalue weighted by Crippen LogP contribution is -2.26. The predicted molar refractivity (Wildman–Crippen MR) is 129 cm³/mol. The van der Waals surface area contributed by atoms with Gasteiger partial charge in [-0.2, -0.15) is 4.98 Å². The summed E-state index contributed by atoms with van der Waals surface area (Å²) in [6, 6.07) is 16.6. The zero-order valence-electron chi connectivity index (χ0n) is 18.8. The van der Waals surface area contributed by atoms with E-state index in [0.29, 0.717) is 18.2 Å². The van der Waals surface area contributed by atoms with Crippen molar-refractivity contribution in [2.45, 2.75) is 38.5 Å². The van der Waals surface area contributed by atoms with Gasteiger partial charge in [0.1, 0.15) is 5.75 Å². The number of nitrogens with one attached hydrogen (secondary N) is 2. The minimum absolute atomic E-state index is 0.107. The molecule has 3 heterocycles. The molecule has 2 aromatic carbocycles. The van der Waals surface area contributed by atoms with Crippen molar-refractivity contribution in [2.24, 2.45) is 7.05 Å². The van der Waals surface area contributed by atoms with Gasteiger partial charge in [-0.15, -0.1) is 0 Å². The summed E-state index contributed by atoms with van der Waals surface area (Å²) in [4.78, 5) is 21.1.